The molecule has 2 rings (SSSR count). The number of hydrogen-bond acceptors (Lipinski definition) is 4. The van der Waals surface area contributed by atoms with E-state index in [0.717, 1.165) is 22.7 Å². The lowest BCUT2D eigenvalue weighted by molar-refractivity contribution is -0.119. The third kappa shape index (κ3) is 6.90. The predicted molar refractivity (Wildman–Crippen MR) is 108 cm³/mol. The average Bonchev–Trinajstić information content (AvgIpc) is 2.59. The highest BCUT2D eigenvalue weighted by Crippen LogP contribution is 2.21. The first-order chi connectivity index (χ1) is 12.4. The van der Waals surface area contributed by atoms with E-state index in [1.54, 1.807) is 30.0 Å². The maximum atomic E-state index is 12.1. The van der Waals surface area contributed by atoms with Gasteiger partial charge in [0.1, 0.15) is 6.54 Å². The number of sulfonamides is 1. The molecule has 0 aliphatic rings. The van der Waals surface area contributed by atoms with Gasteiger partial charge >= 0.3 is 0 Å². The molecule has 26 heavy (non-hydrogen) atoms. The van der Waals surface area contributed by atoms with Crippen molar-refractivity contribution in [2.75, 3.05) is 29.4 Å². The Kier molecular flexibility index (Phi) is 7.81. The van der Waals surface area contributed by atoms with Crippen molar-refractivity contribution < 1.29 is 13.2 Å². The van der Waals surface area contributed by atoms with E-state index >= 15 is 0 Å². The second kappa shape index (κ2) is 9.85. The highest BCUT2D eigenvalue weighted by molar-refractivity contribution is 7.99. The maximum absolute atomic E-state index is 12.1. The van der Waals surface area contributed by atoms with Crippen LogP contribution in [0.15, 0.2) is 59.5 Å². The Morgan fingerprint density at radius 3 is 2.54 bits per heavy atom. The second-order valence-electron chi connectivity index (χ2n) is 5.61. The SMILES string of the molecule is CS(=O)(=O)N(CC(=O)NCCCSc1ccccc1)c1cccc(Cl)c1. The van der Waals surface area contributed by atoms with Gasteiger partial charge in [0.05, 0.1) is 11.9 Å². The predicted octanol–water partition coefficient (Wildman–Crippen LogP) is 3.40. The Labute approximate surface area is 163 Å². The lowest BCUT2D eigenvalue weighted by Gasteiger charge is -2.22. The number of carbonyl (C=O) groups is 1. The van der Waals surface area contributed by atoms with Crippen LogP contribution in [0.5, 0.6) is 0 Å². The number of carbonyl (C=O) groups excluding carboxylic acids is 1. The van der Waals surface area contributed by atoms with Crippen molar-refractivity contribution in [3.05, 3.63) is 59.6 Å². The first-order valence-corrected chi connectivity index (χ1v) is 11.3. The van der Waals surface area contributed by atoms with Gasteiger partial charge in [-0.1, -0.05) is 35.9 Å². The number of nitrogens with one attached hydrogen (secondary N) is 1. The number of benzene rings is 2. The molecule has 0 aliphatic heterocycles. The number of hydrogen-bond donors (Lipinski definition) is 1. The molecule has 0 unspecified atom stereocenters. The fourth-order valence-corrected chi connectivity index (χ4v) is 4.13. The van der Waals surface area contributed by atoms with Gasteiger partial charge in [0.25, 0.3) is 0 Å². The second-order valence-corrected chi connectivity index (χ2v) is 9.13. The summed E-state index contributed by atoms with van der Waals surface area (Å²) in [5, 5.41) is 3.18. The highest BCUT2D eigenvalue weighted by Gasteiger charge is 2.20. The number of rotatable bonds is 9. The topological polar surface area (TPSA) is 66.5 Å². The Morgan fingerprint density at radius 2 is 1.88 bits per heavy atom. The first kappa shape index (κ1) is 20.6. The summed E-state index contributed by atoms with van der Waals surface area (Å²) in [6.07, 6.45) is 1.86. The molecule has 0 aromatic heterocycles. The molecule has 8 heteroatoms. The molecular weight excluding hydrogens is 392 g/mol. The monoisotopic (exact) mass is 412 g/mol. The van der Waals surface area contributed by atoms with Crippen LogP contribution in [0.3, 0.4) is 0 Å². The lowest BCUT2D eigenvalue weighted by atomic mass is 10.3. The van der Waals surface area contributed by atoms with Crippen LogP contribution in [-0.2, 0) is 14.8 Å². The van der Waals surface area contributed by atoms with Gasteiger partial charge in [-0.25, -0.2) is 8.42 Å². The van der Waals surface area contributed by atoms with E-state index in [1.807, 2.05) is 30.3 Å². The van der Waals surface area contributed by atoms with Gasteiger partial charge < -0.3 is 5.32 Å². The lowest BCUT2D eigenvalue weighted by Crippen LogP contribution is -2.40. The minimum atomic E-state index is -3.59. The quantitative estimate of drug-likeness (QED) is 0.506. The Balaban J connectivity index is 1.82. The minimum absolute atomic E-state index is 0.273. The fraction of sp³-hybridized carbons (Fsp3) is 0.278. The van der Waals surface area contributed by atoms with Crippen molar-refractivity contribution in [1.29, 1.82) is 0 Å². The van der Waals surface area contributed by atoms with Crippen LogP contribution >= 0.6 is 23.4 Å². The van der Waals surface area contributed by atoms with Crippen molar-refractivity contribution in [3.8, 4) is 0 Å². The van der Waals surface area contributed by atoms with Crippen LogP contribution in [0.1, 0.15) is 6.42 Å². The Morgan fingerprint density at radius 1 is 1.15 bits per heavy atom. The summed E-state index contributed by atoms with van der Waals surface area (Å²) in [7, 11) is -3.59. The average molecular weight is 413 g/mol. The van der Waals surface area contributed by atoms with Crippen LogP contribution < -0.4 is 9.62 Å². The summed E-state index contributed by atoms with van der Waals surface area (Å²) < 4.78 is 25.1. The van der Waals surface area contributed by atoms with Crippen molar-refractivity contribution in [1.82, 2.24) is 5.32 Å². The maximum Gasteiger partial charge on any atom is 0.240 e. The van der Waals surface area contributed by atoms with E-state index in [4.69, 9.17) is 11.6 Å². The number of anilines is 1. The van der Waals surface area contributed by atoms with Crippen molar-refractivity contribution in [3.63, 3.8) is 0 Å². The molecular formula is C18H21ClN2O3S2. The summed E-state index contributed by atoms with van der Waals surface area (Å²) >= 11 is 7.64. The van der Waals surface area contributed by atoms with Crippen LogP contribution in [-0.4, -0.2) is 39.4 Å². The van der Waals surface area contributed by atoms with Crippen LogP contribution in [0.25, 0.3) is 0 Å². The van der Waals surface area contributed by atoms with Crippen molar-refractivity contribution >= 4 is 45.0 Å². The highest BCUT2D eigenvalue weighted by atomic mass is 35.5. The normalized spacial score (nSPS) is 11.2. The van der Waals surface area contributed by atoms with Crippen LogP contribution in [0, 0.1) is 0 Å². The summed E-state index contributed by atoms with van der Waals surface area (Å²) in [6, 6.07) is 16.4. The zero-order valence-corrected chi connectivity index (χ0v) is 16.8. The number of halogens is 1. The molecule has 0 radical (unpaired) electrons. The molecule has 0 saturated heterocycles. The zero-order valence-electron chi connectivity index (χ0n) is 14.4. The Bertz CT molecular complexity index is 829. The molecule has 2 aromatic rings. The molecule has 0 spiro atoms. The van der Waals surface area contributed by atoms with Gasteiger partial charge in [-0.3, -0.25) is 9.10 Å². The van der Waals surface area contributed by atoms with Gasteiger partial charge in [0.15, 0.2) is 0 Å². The molecule has 0 fully saturated rings. The summed E-state index contributed by atoms with van der Waals surface area (Å²) in [6.45, 7) is 0.219. The van der Waals surface area contributed by atoms with Crippen LogP contribution in [0.2, 0.25) is 5.02 Å². The van der Waals surface area contributed by atoms with E-state index in [9.17, 15) is 13.2 Å². The summed E-state index contributed by atoms with van der Waals surface area (Å²) in [5.74, 6) is 0.522. The molecule has 0 aliphatic carbocycles. The number of amides is 1. The number of thioether (sulfide) groups is 1. The third-order valence-electron chi connectivity index (χ3n) is 3.44. The molecule has 140 valence electrons. The molecule has 0 atom stereocenters. The van der Waals surface area contributed by atoms with Gasteiger partial charge in [0, 0.05) is 16.5 Å². The third-order valence-corrected chi connectivity index (χ3v) is 5.91. The molecule has 5 nitrogen and oxygen atoms in total. The standard InChI is InChI=1S/C18H21ClN2O3S2/c1-26(23,24)21(16-8-5-7-15(19)13-16)14-18(22)20-11-6-12-25-17-9-3-2-4-10-17/h2-5,7-10,13H,6,11-12,14H2,1H3,(H,20,22). The molecule has 1 N–H and O–H groups in total. The minimum Gasteiger partial charge on any atom is -0.354 e. The molecule has 1 amide bonds. The van der Waals surface area contributed by atoms with Crippen LogP contribution in [0.4, 0.5) is 5.69 Å². The Hall–Kier alpha value is -1.70. The van der Waals surface area contributed by atoms with E-state index in [1.165, 1.54) is 11.0 Å². The first-order valence-electron chi connectivity index (χ1n) is 8.04. The molecule has 2 aromatic carbocycles. The van der Waals surface area contributed by atoms with Gasteiger partial charge in [-0.15, -0.1) is 11.8 Å². The smallest absolute Gasteiger partial charge is 0.240 e. The van der Waals surface area contributed by atoms with Crippen molar-refractivity contribution in [2.24, 2.45) is 0 Å². The van der Waals surface area contributed by atoms with E-state index in [2.05, 4.69) is 5.32 Å². The zero-order chi connectivity index (χ0) is 19.0. The summed E-state index contributed by atoms with van der Waals surface area (Å²) in [5.41, 5.74) is 0.370. The fourth-order valence-electron chi connectivity index (χ4n) is 2.22. The number of nitrogens with zero attached hydrogens (tertiary/aromatic N) is 1. The molecule has 0 saturated carbocycles. The van der Waals surface area contributed by atoms with E-state index in [-0.39, 0.29) is 12.5 Å². The summed E-state index contributed by atoms with van der Waals surface area (Å²) in [4.78, 5) is 13.3. The van der Waals surface area contributed by atoms with Crippen molar-refractivity contribution in [2.45, 2.75) is 11.3 Å². The van der Waals surface area contributed by atoms with Gasteiger partial charge in [-0.05, 0) is 42.5 Å². The molecule has 0 bridgehead atoms. The largest absolute Gasteiger partial charge is 0.354 e. The van der Waals surface area contributed by atoms with E-state index in [0.29, 0.717) is 17.3 Å². The molecule has 0 heterocycles. The van der Waals surface area contributed by atoms with E-state index < -0.39 is 10.0 Å². The van der Waals surface area contributed by atoms with Gasteiger partial charge in [-0.2, -0.15) is 0 Å². The van der Waals surface area contributed by atoms with Gasteiger partial charge in [0.2, 0.25) is 15.9 Å².